The molecule has 1 saturated heterocycles. The molecule has 0 N–H and O–H groups in total. The van der Waals surface area contributed by atoms with Gasteiger partial charge in [-0.15, -0.1) is 0 Å². The molecule has 3 aromatic rings. The Balaban J connectivity index is 1.75. The molecule has 4 rings (SSSR count). The molecule has 180 valence electrons. The van der Waals surface area contributed by atoms with E-state index in [1.807, 2.05) is 83.8 Å². The Morgan fingerprint density at radius 1 is 1.18 bits per heavy atom. The highest BCUT2D eigenvalue weighted by atomic mass is 127. The highest BCUT2D eigenvalue weighted by Crippen LogP contribution is 2.37. The average molecular weight is 593 g/mol. The van der Waals surface area contributed by atoms with Crippen LogP contribution < -0.4 is 5.59 Å². The largest absolute Gasteiger partial charge is 0.516 e. The molecule has 10 heteroatoms. The molecule has 0 bridgehead atoms. The van der Waals surface area contributed by atoms with E-state index in [4.69, 9.17) is 19.0 Å². The van der Waals surface area contributed by atoms with E-state index in [2.05, 4.69) is 26.2 Å². The van der Waals surface area contributed by atoms with Gasteiger partial charge in [-0.05, 0) is 72.6 Å². The Morgan fingerprint density at radius 3 is 2.38 bits per heavy atom. The lowest BCUT2D eigenvalue weighted by molar-refractivity contribution is 0.00578. The first-order chi connectivity index (χ1) is 15.7. The molecule has 1 aromatic carbocycles. The second-order valence-corrected chi connectivity index (χ2v) is 12.2. The number of esters is 1. The lowest BCUT2D eigenvalue weighted by atomic mass is 9.85. The molecule has 1 aliphatic heterocycles. The van der Waals surface area contributed by atoms with Crippen LogP contribution >= 0.6 is 30.3 Å². The van der Waals surface area contributed by atoms with Crippen molar-refractivity contribution >= 4 is 60.2 Å². The molecule has 0 atom stereocenters. The molecule has 0 unspecified atom stereocenters. The molecule has 0 amide bonds. The fourth-order valence-corrected chi connectivity index (χ4v) is 4.96. The number of aromatic nitrogens is 3. The third-order valence-electron chi connectivity index (χ3n) is 6.21. The number of hydrogen-bond acceptors (Lipinski definition) is 7. The van der Waals surface area contributed by atoms with E-state index in [1.165, 1.54) is 9.12 Å². The van der Waals surface area contributed by atoms with Crippen LogP contribution in [-0.2, 0) is 14.0 Å². The number of nitrogens with zero attached hydrogens (tertiary/aromatic N) is 3. The standard InChI is InChI=1S/C24H29BIN3O4S/c1-14-11-15(9-10-16(14)21(30)31-22(2,3)4)17-13-29(34-26)20-19(17)28-18(12-27-20)25-32-23(5,6)24(7,8)33-25/h9-13H,1-8H3. The van der Waals surface area contributed by atoms with Gasteiger partial charge in [0.1, 0.15) is 11.1 Å². The lowest BCUT2D eigenvalue weighted by Crippen LogP contribution is -2.41. The number of rotatable bonds is 4. The molecular formula is C24H29BIN3O4S. The average Bonchev–Trinajstić information content (AvgIpc) is 3.19. The van der Waals surface area contributed by atoms with Crippen LogP contribution in [0.4, 0.5) is 0 Å². The Hall–Kier alpha value is -1.63. The predicted molar refractivity (Wildman–Crippen MR) is 146 cm³/mol. The van der Waals surface area contributed by atoms with Gasteiger partial charge >= 0.3 is 13.1 Å². The van der Waals surface area contributed by atoms with E-state index in [0.717, 1.165) is 27.9 Å². The molecule has 7 nitrogen and oxygen atoms in total. The summed E-state index contributed by atoms with van der Waals surface area (Å²) in [4.78, 5) is 22.2. The fraction of sp³-hybridized carbons (Fsp3) is 0.458. The van der Waals surface area contributed by atoms with Crippen molar-refractivity contribution < 1.29 is 18.8 Å². The number of hydrogen-bond donors (Lipinski definition) is 0. The lowest BCUT2D eigenvalue weighted by Gasteiger charge is -2.32. The van der Waals surface area contributed by atoms with Gasteiger partial charge in [0.25, 0.3) is 0 Å². The minimum atomic E-state index is -0.596. The normalized spacial score (nSPS) is 17.4. The first kappa shape index (κ1) is 25.5. The summed E-state index contributed by atoms with van der Waals surface area (Å²) in [6, 6.07) is 5.72. The molecule has 2 aromatic heterocycles. The van der Waals surface area contributed by atoms with Crippen molar-refractivity contribution in [2.75, 3.05) is 0 Å². The summed E-state index contributed by atoms with van der Waals surface area (Å²) in [6.07, 6.45) is 3.73. The van der Waals surface area contributed by atoms with E-state index >= 15 is 0 Å². The van der Waals surface area contributed by atoms with Crippen LogP contribution in [0.3, 0.4) is 0 Å². The van der Waals surface area contributed by atoms with Crippen molar-refractivity contribution in [3.05, 3.63) is 41.7 Å². The minimum Gasteiger partial charge on any atom is -0.456 e. The summed E-state index contributed by atoms with van der Waals surface area (Å²) in [7, 11) is 0.922. The number of benzene rings is 1. The van der Waals surface area contributed by atoms with Crippen molar-refractivity contribution in [2.45, 2.75) is 72.2 Å². The highest BCUT2D eigenvalue weighted by molar-refractivity contribution is 14.2. The molecule has 1 aliphatic rings. The number of carbonyl (C=O) groups excluding carboxylic acids is 1. The van der Waals surface area contributed by atoms with Crippen molar-refractivity contribution in [1.82, 2.24) is 13.9 Å². The summed E-state index contributed by atoms with van der Waals surface area (Å²) in [6.45, 7) is 15.6. The van der Waals surface area contributed by atoms with Crippen LogP contribution in [0.5, 0.6) is 0 Å². The van der Waals surface area contributed by atoms with Gasteiger partial charge in [0, 0.05) is 48.3 Å². The molecule has 0 spiro atoms. The van der Waals surface area contributed by atoms with E-state index in [0.29, 0.717) is 11.2 Å². The van der Waals surface area contributed by atoms with Crippen molar-refractivity contribution in [2.24, 2.45) is 0 Å². The highest BCUT2D eigenvalue weighted by Gasteiger charge is 2.52. The maximum absolute atomic E-state index is 12.6. The number of fused-ring (bicyclic) bond motifs is 1. The zero-order valence-electron chi connectivity index (χ0n) is 20.7. The quantitative estimate of drug-likeness (QED) is 0.225. The summed E-state index contributed by atoms with van der Waals surface area (Å²) in [5.74, 6) is -0.329. The van der Waals surface area contributed by atoms with Crippen LogP contribution in [0.25, 0.3) is 22.3 Å². The molecular weight excluding hydrogens is 564 g/mol. The third kappa shape index (κ3) is 4.74. The Kier molecular flexibility index (Phi) is 6.59. The summed E-state index contributed by atoms with van der Waals surface area (Å²) < 4.78 is 19.9. The van der Waals surface area contributed by atoms with Crippen LogP contribution in [0.1, 0.15) is 64.4 Å². The Labute approximate surface area is 217 Å². The van der Waals surface area contributed by atoms with Crippen molar-refractivity contribution in [3.8, 4) is 11.1 Å². The van der Waals surface area contributed by atoms with E-state index in [-0.39, 0.29) is 5.97 Å². The van der Waals surface area contributed by atoms with Crippen molar-refractivity contribution in [1.29, 1.82) is 0 Å². The van der Waals surface area contributed by atoms with Gasteiger partial charge in [0.15, 0.2) is 5.65 Å². The SMILES string of the molecule is Cc1cc(-c2cn(SI)c3ncc(B4OC(C)(C)C(C)(C)O4)nc23)ccc1C(=O)OC(C)(C)C. The van der Waals surface area contributed by atoms with Gasteiger partial charge in [-0.25, -0.2) is 9.78 Å². The van der Waals surface area contributed by atoms with Crippen LogP contribution in [-0.4, -0.2) is 43.8 Å². The third-order valence-corrected chi connectivity index (χ3v) is 7.91. The summed E-state index contributed by atoms with van der Waals surface area (Å²) >= 11 is 2.22. The number of carbonyl (C=O) groups is 1. The molecule has 0 radical (unpaired) electrons. The predicted octanol–water partition coefficient (Wildman–Crippen LogP) is 5.51. The summed E-state index contributed by atoms with van der Waals surface area (Å²) in [5, 5.41) is 0. The molecule has 1 fully saturated rings. The Bertz CT molecular complexity index is 1250. The van der Waals surface area contributed by atoms with Gasteiger partial charge in [-0.1, -0.05) is 12.1 Å². The van der Waals surface area contributed by atoms with E-state index in [9.17, 15) is 4.79 Å². The first-order valence-corrected chi connectivity index (χ1v) is 14.4. The fourth-order valence-electron chi connectivity index (χ4n) is 3.71. The number of halogens is 1. The number of aryl methyl sites for hydroxylation is 1. The van der Waals surface area contributed by atoms with Crippen molar-refractivity contribution in [3.63, 3.8) is 0 Å². The second-order valence-electron chi connectivity index (χ2n) is 10.5. The summed E-state index contributed by atoms with van der Waals surface area (Å²) in [5.41, 5.74) is 3.91. The van der Waals surface area contributed by atoms with Gasteiger partial charge in [-0.3, -0.25) is 8.96 Å². The topological polar surface area (TPSA) is 75.5 Å². The van der Waals surface area contributed by atoms with Gasteiger partial charge in [-0.2, -0.15) is 0 Å². The first-order valence-electron chi connectivity index (χ1n) is 11.1. The van der Waals surface area contributed by atoms with Gasteiger partial charge in [0.05, 0.1) is 22.4 Å². The Morgan fingerprint density at radius 2 is 1.82 bits per heavy atom. The molecule has 0 aliphatic carbocycles. The maximum Gasteiger partial charge on any atom is 0.516 e. The van der Waals surface area contributed by atoms with E-state index in [1.54, 1.807) is 6.20 Å². The monoisotopic (exact) mass is 593 g/mol. The molecule has 34 heavy (non-hydrogen) atoms. The van der Waals surface area contributed by atoms with Crippen LogP contribution in [0.15, 0.2) is 30.6 Å². The maximum atomic E-state index is 12.6. The zero-order valence-corrected chi connectivity index (χ0v) is 23.7. The smallest absolute Gasteiger partial charge is 0.456 e. The molecule has 0 saturated carbocycles. The second kappa shape index (κ2) is 8.79. The number of ether oxygens (including phenoxy) is 1. The van der Waals surface area contributed by atoms with Gasteiger partial charge in [0.2, 0.25) is 0 Å². The minimum absolute atomic E-state index is 0.329. The van der Waals surface area contributed by atoms with Gasteiger partial charge < -0.3 is 14.0 Å². The van der Waals surface area contributed by atoms with E-state index < -0.39 is 23.9 Å². The molecule has 3 heterocycles. The zero-order chi connectivity index (χ0) is 25.1. The van der Waals surface area contributed by atoms with Crippen LogP contribution in [0, 0.1) is 6.92 Å². The van der Waals surface area contributed by atoms with Crippen LogP contribution in [0.2, 0.25) is 0 Å².